The Labute approximate surface area is 115 Å². The molecule has 1 amide bonds. The smallest absolute Gasteiger partial charge is 0.232 e. The van der Waals surface area contributed by atoms with Crippen molar-refractivity contribution >= 4 is 17.9 Å². The lowest BCUT2D eigenvalue weighted by Crippen LogP contribution is -2.30. The van der Waals surface area contributed by atoms with E-state index in [1.54, 1.807) is 11.9 Å². The van der Waals surface area contributed by atoms with Gasteiger partial charge in [-0.15, -0.1) is 0 Å². The van der Waals surface area contributed by atoms with Crippen LogP contribution in [0.1, 0.15) is 46.5 Å². The fourth-order valence-corrected chi connectivity index (χ4v) is 2.59. The maximum atomic E-state index is 12.2. The number of unbranched alkanes of at least 4 members (excludes halogenated alkanes) is 2. The van der Waals surface area contributed by atoms with Crippen LogP contribution in [0.25, 0.3) is 0 Å². The van der Waals surface area contributed by atoms with Crippen LogP contribution in [-0.4, -0.2) is 16.3 Å². The second-order valence-corrected chi connectivity index (χ2v) is 5.72. The molecule has 0 aromatic heterocycles. The molecule has 0 fully saturated rings. The Morgan fingerprint density at radius 1 is 1.22 bits per heavy atom. The number of amides is 1. The number of rotatable bonds is 7. The van der Waals surface area contributed by atoms with E-state index < -0.39 is 0 Å². The number of hydrogen-bond donors (Lipinski definition) is 0. The minimum Gasteiger partial charge on any atom is -0.280 e. The molecule has 3 heteroatoms. The van der Waals surface area contributed by atoms with Crippen LogP contribution in [0, 0.1) is 0 Å². The van der Waals surface area contributed by atoms with E-state index in [1.165, 1.54) is 0 Å². The summed E-state index contributed by atoms with van der Waals surface area (Å²) in [6.45, 7) is 6.28. The molecule has 18 heavy (non-hydrogen) atoms. The summed E-state index contributed by atoms with van der Waals surface area (Å²) in [5.41, 5.74) is 0. The average molecular weight is 265 g/mol. The first-order valence-corrected chi connectivity index (χ1v) is 7.47. The molecule has 0 spiro atoms. The van der Waals surface area contributed by atoms with Gasteiger partial charge in [-0.3, -0.25) is 9.10 Å². The Bertz CT molecular complexity index is 351. The van der Waals surface area contributed by atoms with Gasteiger partial charge in [0.15, 0.2) is 0 Å². The van der Waals surface area contributed by atoms with Crippen molar-refractivity contribution in [2.75, 3.05) is 0 Å². The van der Waals surface area contributed by atoms with Gasteiger partial charge < -0.3 is 0 Å². The van der Waals surface area contributed by atoms with Gasteiger partial charge in [-0.2, -0.15) is 0 Å². The third-order valence-corrected chi connectivity index (χ3v) is 3.96. The van der Waals surface area contributed by atoms with Crippen molar-refractivity contribution in [3.8, 4) is 0 Å². The highest BCUT2D eigenvalue weighted by Crippen LogP contribution is 2.25. The minimum atomic E-state index is 0.226. The summed E-state index contributed by atoms with van der Waals surface area (Å²) in [7, 11) is 0. The van der Waals surface area contributed by atoms with Gasteiger partial charge in [-0.25, -0.2) is 0 Å². The molecule has 0 bridgehead atoms. The van der Waals surface area contributed by atoms with Gasteiger partial charge in [-0.05, 0) is 44.3 Å². The van der Waals surface area contributed by atoms with Gasteiger partial charge in [0.05, 0.1) is 0 Å². The Morgan fingerprint density at radius 2 is 1.89 bits per heavy atom. The maximum Gasteiger partial charge on any atom is 0.232 e. The fourth-order valence-electron chi connectivity index (χ4n) is 1.68. The number of carbonyl (C=O) groups is 1. The second kappa shape index (κ2) is 8.20. The normalized spacial score (nSPS) is 10.7. The van der Waals surface area contributed by atoms with E-state index in [9.17, 15) is 4.79 Å². The zero-order chi connectivity index (χ0) is 13.4. The molecule has 0 N–H and O–H groups in total. The van der Waals surface area contributed by atoms with Gasteiger partial charge in [0.1, 0.15) is 0 Å². The van der Waals surface area contributed by atoms with Crippen molar-refractivity contribution in [3.63, 3.8) is 0 Å². The summed E-state index contributed by atoms with van der Waals surface area (Å²) in [4.78, 5) is 13.3. The molecule has 1 rings (SSSR count). The Morgan fingerprint density at radius 3 is 2.44 bits per heavy atom. The quantitative estimate of drug-likeness (QED) is 0.534. The predicted molar refractivity (Wildman–Crippen MR) is 78.4 cm³/mol. The van der Waals surface area contributed by atoms with Gasteiger partial charge in [0.2, 0.25) is 5.91 Å². The van der Waals surface area contributed by atoms with Gasteiger partial charge in [0.25, 0.3) is 0 Å². The number of benzene rings is 1. The predicted octanol–water partition coefficient (Wildman–Crippen LogP) is 4.51. The van der Waals surface area contributed by atoms with E-state index >= 15 is 0 Å². The molecular weight excluding hydrogens is 242 g/mol. The Balaban J connectivity index is 2.57. The van der Waals surface area contributed by atoms with Crippen LogP contribution in [0.15, 0.2) is 35.2 Å². The first kappa shape index (κ1) is 15.1. The SMILES string of the molecule is CCCCCC(=O)N(Sc1ccccc1)C(C)C. The molecule has 1 aromatic carbocycles. The molecule has 0 heterocycles. The summed E-state index contributed by atoms with van der Waals surface area (Å²) < 4.78 is 1.89. The zero-order valence-electron chi connectivity index (χ0n) is 11.6. The minimum absolute atomic E-state index is 0.226. The van der Waals surface area contributed by atoms with Crippen molar-refractivity contribution in [3.05, 3.63) is 30.3 Å². The summed E-state index contributed by atoms with van der Waals surface area (Å²) in [6.07, 6.45) is 3.94. The molecule has 1 aromatic rings. The van der Waals surface area contributed by atoms with E-state index in [-0.39, 0.29) is 11.9 Å². The van der Waals surface area contributed by atoms with Crippen LogP contribution >= 0.6 is 11.9 Å². The third kappa shape index (κ3) is 5.13. The van der Waals surface area contributed by atoms with Crippen LogP contribution in [0.3, 0.4) is 0 Å². The van der Waals surface area contributed by atoms with Crippen LogP contribution in [0.5, 0.6) is 0 Å². The molecule has 0 aliphatic rings. The first-order valence-electron chi connectivity index (χ1n) is 6.70. The van der Waals surface area contributed by atoms with Crippen molar-refractivity contribution in [2.24, 2.45) is 0 Å². The van der Waals surface area contributed by atoms with E-state index in [2.05, 4.69) is 20.8 Å². The van der Waals surface area contributed by atoms with Crippen LogP contribution in [0.4, 0.5) is 0 Å². The topological polar surface area (TPSA) is 20.3 Å². The number of carbonyl (C=O) groups excluding carboxylic acids is 1. The van der Waals surface area contributed by atoms with E-state index in [4.69, 9.17) is 0 Å². The highest BCUT2D eigenvalue weighted by molar-refractivity contribution is 7.97. The van der Waals surface area contributed by atoms with Gasteiger partial charge >= 0.3 is 0 Å². The Kier molecular flexibility index (Phi) is 6.88. The molecule has 0 aliphatic heterocycles. The van der Waals surface area contributed by atoms with Crippen LogP contribution in [0.2, 0.25) is 0 Å². The summed E-state index contributed by atoms with van der Waals surface area (Å²) in [5.74, 6) is 0.243. The van der Waals surface area contributed by atoms with Crippen molar-refractivity contribution in [1.29, 1.82) is 0 Å². The molecule has 0 atom stereocenters. The molecule has 0 saturated heterocycles. The lowest BCUT2D eigenvalue weighted by atomic mass is 10.2. The number of nitrogens with zero attached hydrogens (tertiary/aromatic N) is 1. The fraction of sp³-hybridized carbons (Fsp3) is 0.533. The highest BCUT2D eigenvalue weighted by Gasteiger charge is 2.17. The average Bonchev–Trinajstić information content (AvgIpc) is 2.37. The van der Waals surface area contributed by atoms with Crippen molar-refractivity contribution in [1.82, 2.24) is 4.31 Å². The maximum absolute atomic E-state index is 12.2. The molecule has 0 radical (unpaired) electrons. The third-order valence-electron chi connectivity index (χ3n) is 2.66. The highest BCUT2D eigenvalue weighted by atomic mass is 32.2. The molecule has 100 valence electrons. The second-order valence-electron chi connectivity index (χ2n) is 4.67. The van der Waals surface area contributed by atoms with Crippen molar-refractivity contribution in [2.45, 2.75) is 57.4 Å². The summed E-state index contributed by atoms with van der Waals surface area (Å²) in [5, 5.41) is 0. The summed E-state index contributed by atoms with van der Waals surface area (Å²) in [6, 6.07) is 10.3. The van der Waals surface area contributed by atoms with Gasteiger partial charge in [-0.1, -0.05) is 38.0 Å². The van der Waals surface area contributed by atoms with Gasteiger partial charge in [0, 0.05) is 17.4 Å². The standard InChI is InChI=1S/C15H23NOS/c1-4-5-7-12-15(17)16(13(2)3)18-14-10-8-6-9-11-14/h6,8-11,13H,4-5,7,12H2,1-3H3. The van der Waals surface area contributed by atoms with E-state index in [1.807, 2.05) is 34.6 Å². The van der Waals surface area contributed by atoms with E-state index in [0.29, 0.717) is 6.42 Å². The van der Waals surface area contributed by atoms with Crippen LogP contribution in [-0.2, 0) is 4.79 Å². The van der Waals surface area contributed by atoms with Crippen molar-refractivity contribution < 1.29 is 4.79 Å². The van der Waals surface area contributed by atoms with E-state index in [0.717, 1.165) is 24.2 Å². The molecular formula is C15H23NOS. The molecule has 0 aliphatic carbocycles. The first-order chi connectivity index (χ1) is 8.65. The summed E-state index contributed by atoms with van der Waals surface area (Å²) >= 11 is 1.55. The number of hydrogen-bond acceptors (Lipinski definition) is 2. The molecule has 0 saturated carbocycles. The van der Waals surface area contributed by atoms with Crippen LogP contribution < -0.4 is 0 Å². The zero-order valence-corrected chi connectivity index (χ0v) is 12.4. The lowest BCUT2D eigenvalue weighted by Gasteiger charge is -2.25. The molecule has 2 nitrogen and oxygen atoms in total. The Hall–Kier alpha value is -0.960. The lowest BCUT2D eigenvalue weighted by molar-refractivity contribution is -0.127. The molecule has 0 unspecified atom stereocenters. The largest absolute Gasteiger partial charge is 0.280 e. The monoisotopic (exact) mass is 265 g/mol.